The van der Waals surface area contributed by atoms with Gasteiger partial charge in [-0.3, -0.25) is 0 Å². The normalized spacial score (nSPS) is 16.3. The molecular formula is C14H16IN. The summed E-state index contributed by atoms with van der Waals surface area (Å²) < 4.78 is 43.4. The van der Waals surface area contributed by atoms with E-state index >= 15 is 0 Å². The molecule has 0 aliphatic carbocycles. The highest BCUT2D eigenvalue weighted by molar-refractivity contribution is 14.1. The number of rotatable bonds is 0. The summed E-state index contributed by atoms with van der Waals surface area (Å²) >= 11 is 2.14. The molecule has 0 heterocycles. The standard InChI is InChI=1S/C7H7I.C7H9N/c2*1-6-2-4-7(8)5-3-6/h2-5H,1H3;2-5H,8H2,1H3/i2*1D3. The molecule has 0 atom stereocenters. The van der Waals surface area contributed by atoms with Crippen LogP contribution in [0, 0.1) is 17.3 Å². The van der Waals surface area contributed by atoms with E-state index in [1.54, 1.807) is 36.4 Å². The number of nitrogen functional groups attached to an aromatic ring is 1. The molecule has 2 aromatic rings. The lowest BCUT2D eigenvalue weighted by atomic mass is 10.2. The first-order valence-corrected chi connectivity index (χ1v) is 5.70. The number of anilines is 1. The van der Waals surface area contributed by atoms with Gasteiger partial charge in [0, 0.05) is 17.5 Å². The number of hydrogen-bond donors (Lipinski definition) is 1. The quantitative estimate of drug-likeness (QED) is 0.569. The van der Waals surface area contributed by atoms with E-state index in [1.165, 1.54) is 12.1 Å². The average molecular weight is 331 g/mol. The summed E-state index contributed by atoms with van der Waals surface area (Å²) in [6, 6.07) is 13.1. The van der Waals surface area contributed by atoms with Gasteiger partial charge in [0.1, 0.15) is 0 Å². The highest BCUT2D eigenvalue weighted by Gasteiger charge is 1.81. The largest absolute Gasteiger partial charge is 0.399 e. The van der Waals surface area contributed by atoms with Gasteiger partial charge in [0.05, 0.1) is 0 Å². The molecule has 0 unspecified atom stereocenters. The van der Waals surface area contributed by atoms with Crippen LogP contribution in [0.2, 0.25) is 0 Å². The van der Waals surface area contributed by atoms with Gasteiger partial charge >= 0.3 is 0 Å². The van der Waals surface area contributed by atoms with Gasteiger partial charge < -0.3 is 5.73 Å². The van der Waals surface area contributed by atoms with Crippen molar-refractivity contribution in [1.82, 2.24) is 0 Å². The van der Waals surface area contributed by atoms with Gasteiger partial charge in [-0.25, -0.2) is 0 Å². The first kappa shape index (κ1) is 6.64. The van der Waals surface area contributed by atoms with Gasteiger partial charge in [-0.05, 0) is 60.6 Å². The third-order valence-corrected chi connectivity index (χ3v) is 2.47. The van der Waals surface area contributed by atoms with Crippen molar-refractivity contribution in [1.29, 1.82) is 0 Å². The maximum Gasteiger partial charge on any atom is 0.0314 e. The Bertz CT molecular complexity index is 531. The van der Waals surface area contributed by atoms with Gasteiger partial charge in [-0.2, -0.15) is 0 Å². The van der Waals surface area contributed by atoms with Crippen LogP contribution >= 0.6 is 22.6 Å². The van der Waals surface area contributed by atoms with E-state index in [-0.39, 0.29) is 0 Å². The van der Waals surface area contributed by atoms with E-state index in [0.29, 0.717) is 16.8 Å². The highest BCUT2D eigenvalue weighted by Crippen LogP contribution is 2.04. The minimum atomic E-state index is -2.02. The summed E-state index contributed by atoms with van der Waals surface area (Å²) in [4.78, 5) is 0. The summed E-state index contributed by atoms with van der Waals surface area (Å²) in [6.45, 7) is -3.99. The van der Waals surface area contributed by atoms with Crippen molar-refractivity contribution in [3.63, 3.8) is 0 Å². The first-order chi connectivity index (χ1) is 10.00. The molecule has 0 aliphatic rings. The zero-order valence-electron chi connectivity index (χ0n) is 14.6. The summed E-state index contributed by atoms with van der Waals surface area (Å²) in [6.07, 6.45) is 0. The number of halogens is 1. The van der Waals surface area contributed by atoms with Crippen molar-refractivity contribution in [3.8, 4) is 0 Å². The van der Waals surface area contributed by atoms with Crippen molar-refractivity contribution < 1.29 is 8.22 Å². The Kier molecular flexibility index (Phi) is 2.71. The zero-order valence-corrected chi connectivity index (χ0v) is 10.7. The Morgan fingerprint density at radius 2 is 1.31 bits per heavy atom. The van der Waals surface area contributed by atoms with Crippen LogP contribution in [0.1, 0.15) is 19.4 Å². The topological polar surface area (TPSA) is 26.0 Å². The summed E-state index contributed by atoms with van der Waals surface area (Å²) in [7, 11) is 0. The fourth-order valence-electron chi connectivity index (χ4n) is 0.933. The fourth-order valence-corrected chi connectivity index (χ4v) is 1.29. The van der Waals surface area contributed by atoms with Crippen LogP contribution in [-0.4, -0.2) is 0 Å². The van der Waals surface area contributed by atoms with Crippen LogP contribution in [0.4, 0.5) is 5.69 Å². The summed E-state index contributed by atoms with van der Waals surface area (Å²) in [5.74, 6) is 0. The molecule has 0 radical (unpaired) electrons. The molecule has 0 spiro atoms. The SMILES string of the molecule is [2H]C([2H])([2H])c1ccc(I)cc1.[2H]C([2H])([2H])c1ccc(N)cc1. The third-order valence-electron chi connectivity index (χ3n) is 1.75. The van der Waals surface area contributed by atoms with Crippen molar-refractivity contribution >= 4 is 28.3 Å². The minimum absolute atomic E-state index is 0.326. The molecule has 2 rings (SSSR count). The van der Waals surface area contributed by atoms with Gasteiger partial charge in [-0.15, -0.1) is 0 Å². The monoisotopic (exact) mass is 331 g/mol. The first-order valence-electron chi connectivity index (χ1n) is 7.62. The molecule has 0 aliphatic heterocycles. The molecule has 0 saturated carbocycles. The molecule has 2 heteroatoms. The third kappa shape index (κ3) is 5.16. The predicted octanol–water partition coefficient (Wildman–Crippen LogP) is 4.18. The Hall–Kier alpha value is -1.03. The molecule has 84 valence electrons. The number of aryl methyl sites for hydroxylation is 2. The van der Waals surface area contributed by atoms with Gasteiger partial charge in [-0.1, -0.05) is 35.4 Å². The van der Waals surface area contributed by atoms with Crippen LogP contribution in [-0.2, 0) is 0 Å². The maximum absolute atomic E-state index is 7.07. The van der Waals surface area contributed by atoms with E-state index in [1.807, 2.05) is 0 Å². The van der Waals surface area contributed by atoms with E-state index in [4.69, 9.17) is 14.0 Å². The van der Waals surface area contributed by atoms with Crippen molar-refractivity contribution in [3.05, 3.63) is 63.2 Å². The Morgan fingerprint density at radius 1 is 0.875 bits per heavy atom. The molecule has 1 nitrogen and oxygen atoms in total. The van der Waals surface area contributed by atoms with E-state index in [0.717, 1.165) is 3.57 Å². The van der Waals surface area contributed by atoms with E-state index in [9.17, 15) is 0 Å². The fraction of sp³-hybridized carbons (Fsp3) is 0.143. The molecule has 0 bridgehead atoms. The molecular weight excluding hydrogens is 309 g/mol. The molecule has 16 heavy (non-hydrogen) atoms. The lowest BCUT2D eigenvalue weighted by Crippen LogP contribution is -1.81. The van der Waals surface area contributed by atoms with Gasteiger partial charge in [0.25, 0.3) is 0 Å². The smallest absolute Gasteiger partial charge is 0.0314 e. The van der Waals surface area contributed by atoms with Crippen molar-refractivity contribution in [2.24, 2.45) is 0 Å². The molecule has 0 amide bonds. The molecule has 2 N–H and O–H groups in total. The maximum atomic E-state index is 7.07. The number of nitrogens with two attached hydrogens (primary N) is 1. The van der Waals surface area contributed by atoms with Crippen LogP contribution in [0.15, 0.2) is 48.5 Å². The van der Waals surface area contributed by atoms with Crippen LogP contribution in [0.25, 0.3) is 0 Å². The van der Waals surface area contributed by atoms with Crippen LogP contribution in [0.3, 0.4) is 0 Å². The van der Waals surface area contributed by atoms with Crippen LogP contribution in [0.5, 0.6) is 0 Å². The molecule has 2 aromatic carbocycles. The second kappa shape index (κ2) is 6.53. The van der Waals surface area contributed by atoms with E-state index in [2.05, 4.69) is 22.6 Å². The molecule has 0 aromatic heterocycles. The summed E-state index contributed by atoms with van der Waals surface area (Å²) in [5, 5.41) is 0. The average Bonchev–Trinajstić information content (AvgIpc) is 2.38. The molecule has 0 saturated heterocycles. The Morgan fingerprint density at radius 3 is 1.75 bits per heavy atom. The Labute approximate surface area is 119 Å². The number of hydrogen-bond acceptors (Lipinski definition) is 1. The number of benzene rings is 2. The second-order valence-corrected chi connectivity index (χ2v) is 4.37. The van der Waals surface area contributed by atoms with E-state index < -0.39 is 13.7 Å². The van der Waals surface area contributed by atoms with Gasteiger partial charge in [0.2, 0.25) is 0 Å². The van der Waals surface area contributed by atoms with Crippen molar-refractivity contribution in [2.75, 3.05) is 5.73 Å². The summed E-state index contributed by atoms with van der Waals surface area (Å²) in [5.41, 5.74) is 6.69. The van der Waals surface area contributed by atoms with Crippen LogP contribution < -0.4 is 5.73 Å². The van der Waals surface area contributed by atoms with Crippen molar-refractivity contribution in [2.45, 2.75) is 13.7 Å². The second-order valence-electron chi connectivity index (χ2n) is 3.13. The minimum Gasteiger partial charge on any atom is -0.399 e. The lowest BCUT2D eigenvalue weighted by Gasteiger charge is -1.90. The molecule has 0 fully saturated rings. The zero-order chi connectivity index (χ0) is 17.0. The van der Waals surface area contributed by atoms with Gasteiger partial charge in [0.15, 0.2) is 0 Å². The lowest BCUT2D eigenvalue weighted by molar-refractivity contribution is 1.46. The highest BCUT2D eigenvalue weighted by atomic mass is 127. The Balaban J connectivity index is 0.000000220. The predicted molar refractivity (Wildman–Crippen MR) is 79.5 cm³/mol.